The molecule has 2 bridgehead atoms. The topological polar surface area (TPSA) is 12.0 Å². The van der Waals surface area contributed by atoms with Crippen LogP contribution in [-0.2, 0) is 6.42 Å². The van der Waals surface area contributed by atoms with Crippen LogP contribution in [0.25, 0.3) is 0 Å². The average molecular weight is 283 g/mol. The van der Waals surface area contributed by atoms with Crippen molar-refractivity contribution in [2.75, 3.05) is 6.54 Å². The third-order valence-corrected chi connectivity index (χ3v) is 5.43. The van der Waals surface area contributed by atoms with Gasteiger partial charge in [-0.15, -0.1) is 0 Å². The van der Waals surface area contributed by atoms with Gasteiger partial charge in [-0.25, -0.2) is 0 Å². The van der Waals surface area contributed by atoms with Crippen molar-refractivity contribution in [1.82, 2.24) is 5.32 Å². The zero-order valence-electron chi connectivity index (χ0n) is 13.7. The van der Waals surface area contributed by atoms with Crippen molar-refractivity contribution in [3.05, 3.63) is 47.5 Å². The van der Waals surface area contributed by atoms with Gasteiger partial charge in [-0.05, 0) is 60.6 Å². The summed E-state index contributed by atoms with van der Waals surface area (Å²) in [5.41, 5.74) is 2.88. The molecule has 1 N–H and O–H groups in total. The molecule has 0 amide bonds. The van der Waals surface area contributed by atoms with E-state index in [4.69, 9.17) is 0 Å². The lowest BCUT2D eigenvalue weighted by Crippen LogP contribution is -2.32. The first-order valence-electron chi connectivity index (χ1n) is 8.68. The van der Waals surface area contributed by atoms with E-state index in [2.05, 4.69) is 62.5 Å². The summed E-state index contributed by atoms with van der Waals surface area (Å²) in [4.78, 5) is 0. The lowest BCUT2D eigenvalue weighted by Gasteiger charge is -2.27. The monoisotopic (exact) mass is 283 g/mol. The van der Waals surface area contributed by atoms with Gasteiger partial charge in [0, 0.05) is 6.04 Å². The molecule has 0 heterocycles. The predicted octanol–water partition coefficient (Wildman–Crippen LogP) is 4.75. The molecule has 0 spiro atoms. The Labute approximate surface area is 129 Å². The number of hydrogen-bond donors (Lipinski definition) is 1. The van der Waals surface area contributed by atoms with Crippen molar-refractivity contribution in [3.8, 4) is 0 Å². The maximum absolute atomic E-state index is 3.87. The van der Waals surface area contributed by atoms with E-state index in [9.17, 15) is 0 Å². The molecule has 1 nitrogen and oxygen atoms in total. The van der Waals surface area contributed by atoms with Gasteiger partial charge in [0.2, 0.25) is 0 Å². The van der Waals surface area contributed by atoms with Crippen LogP contribution in [0.4, 0.5) is 0 Å². The summed E-state index contributed by atoms with van der Waals surface area (Å²) >= 11 is 0. The van der Waals surface area contributed by atoms with Crippen molar-refractivity contribution >= 4 is 0 Å². The number of allylic oxidation sites excluding steroid dienone is 2. The number of fused-ring (bicyclic) bond motifs is 2. The summed E-state index contributed by atoms with van der Waals surface area (Å²) in [6.07, 6.45) is 8.82. The Morgan fingerprint density at radius 2 is 1.86 bits per heavy atom. The molecule has 2 aliphatic carbocycles. The highest BCUT2D eigenvalue weighted by Gasteiger charge is 2.35. The number of aryl methyl sites for hydroxylation is 1. The van der Waals surface area contributed by atoms with Gasteiger partial charge in [0.25, 0.3) is 0 Å². The van der Waals surface area contributed by atoms with Crippen molar-refractivity contribution in [2.45, 2.75) is 46.1 Å². The van der Waals surface area contributed by atoms with E-state index >= 15 is 0 Å². The third-order valence-electron chi connectivity index (χ3n) is 5.43. The first-order chi connectivity index (χ1) is 10.2. The lowest BCUT2D eigenvalue weighted by atomic mass is 9.91. The van der Waals surface area contributed by atoms with Crippen LogP contribution in [0.1, 0.15) is 50.8 Å². The normalized spacial score (nSPS) is 28.5. The van der Waals surface area contributed by atoms with Gasteiger partial charge in [0.05, 0.1) is 0 Å². The molecule has 3 rings (SSSR count). The molecule has 4 atom stereocenters. The largest absolute Gasteiger partial charge is 0.309 e. The molecular formula is C20H29N. The summed E-state index contributed by atoms with van der Waals surface area (Å²) in [7, 11) is 0. The minimum Gasteiger partial charge on any atom is -0.309 e. The van der Waals surface area contributed by atoms with E-state index in [1.807, 2.05) is 0 Å². The summed E-state index contributed by atoms with van der Waals surface area (Å²) in [6.45, 7) is 8.04. The molecule has 21 heavy (non-hydrogen) atoms. The molecule has 1 fully saturated rings. The summed E-state index contributed by atoms with van der Waals surface area (Å²) < 4.78 is 0. The fraction of sp³-hybridized carbons (Fsp3) is 0.600. The average Bonchev–Trinajstić information content (AvgIpc) is 3.10. The summed E-state index contributed by atoms with van der Waals surface area (Å²) in [5.74, 6) is 3.21. The Balaban J connectivity index is 1.62. The molecule has 1 aromatic rings. The second-order valence-electron chi connectivity index (χ2n) is 7.27. The van der Waals surface area contributed by atoms with Gasteiger partial charge < -0.3 is 5.32 Å². The number of benzene rings is 1. The maximum atomic E-state index is 3.87. The number of nitrogens with one attached hydrogen (secondary N) is 1. The molecule has 0 saturated heterocycles. The van der Waals surface area contributed by atoms with Gasteiger partial charge in [0.1, 0.15) is 0 Å². The molecule has 114 valence electrons. The first-order valence-corrected chi connectivity index (χ1v) is 8.68. The molecule has 0 radical (unpaired) electrons. The van der Waals surface area contributed by atoms with E-state index < -0.39 is 0 Å². The van der Waals surface area contributed by atoms with Gasteiger partial charge >= 0.3 is 0 Å². The highest BCUT2D eigenvalue weighted by Crippen LogP contribution is 2.43. The fourth-order valence-corrected chi connectivity index (χ4v) is 4.11. The van der Waals surface area contributed by atoms with Crippen LogP contribution in [-0.4, -0.2) is 6.54 Å². The Morgan fingerprint density at radius 3 is 2.38 bits per heavy atom. The van der Waals surface area contributed by atoms with Crippen LogP contribution in [0.15, 0.2) is 36.4 Å². The van der Waals surface area contributed by atoms with Crippen molar-refractivity contribution in [2.24, 2.45) is 23.7 Å². The van der Waals surface area contributed by atoms with E-state index in [1.54, 1.807) is 0 Å². The van der Waals surface area contributed by atoms with Crippen molar-refractivity contribution in [1.29, 1.82) is 0 Å². The van der Waals surface area contributed by atoms with E-state index in [1.165, 1.54) is 30.5 Å². The lowest BCUT2D eigenvalue weighted by molar-refractivity contribution is 0.343. The zero-order chi connectivity index (χ0) is 14.8. The molecule has 1 aromatic carbocycles. The number of rotatable bonds is 6. The Kier molecular flexibility index (Phi) is 4.49. The summed E-state index contributed by atoms with van der Waals surface area (Å²) in [5, 5.41) is 3.87. The Morgan fingerprint density at radius 1 is 1.10 bits per heavy atom. The zero-order valence-corrected chi connectivity index (χ0v) is 13.7. The standard InChI is InChI=1S/C20H29N/c1-4-15-5-8-17(9-6-15)20(14(2)3)21-13-19-12-16-7-10-18(19)11-16/h5-10,14,16,18-21H,4,11-13H2,1-3H3. The van der Waals surface area contributed by atoms with Gasteiger partial charge in [-0.3, -0.25) is 0 Å². The highest BCUT2D eigenvalue weighted by molar-refractivity contribution is 5.25. The molecule has 0 aromatic heterocycles. The molecule has 0 aliphatic heterocycles. The van der Waals surface area contributed by atoms with Crippen LogP contribution in [0.2, 0.25) is 0 Å². The van der Waals surface area contributed by atoms with Gasteiger partial charge in [-0.2, -0.15) is 0 Å². The van der Waals surface area contributed by atoms with Gasteiger partial charge in [0.15, 0.2) is 0 Å². The SMILES string of the molecule is CCc1ccc(C(NCC2CC3C=CC2C3)C(C)C)cc1. The van der Waals surface area contributed by atoms with Crippen LogP contribution in [0.5, 0.6) is 0 Å². The maximum Gasteiger partial charge on any atom is 0.0343 e. The van der Waals surface area contributed by atoms with Crippen molar-refractivity contribution < 1.29 is 0 Å². The van der Waals surface area contributed by atoms with Crippen LogP contribution < -0.4 is 5.32 Å². The fourth-order valence-electron chi connectivity index (χ4n) is 4.11. The van der Waals surface area contributed by atoms with Crippen LogP contribution in [0, 0.1) is 23.7 Å². The predicted molar refractivity (Wildman–Crippen MR) is 90.2 cm³/mol. The van der Waals surface area contributed by atoms with E-state index in [0.717, 1.165) is 24.2 Å². The minimum atomic E-state index is 0.485. The molecule has 1 heteroatoms. The third kappa shape index (κ3) is 3.23. The van der Waals surface area contributed by atoms with Crippen LogP contribution in [0.3, 0.4) is 0 Å². The van der Waals surface area contributed by atoms with Gasteiger partial charge in [-0.1, -0.05) is 57.2 Å². The Hall–Kier alpha value is -1.08. The van der Waals surface area contributed by atoms with Crippen LogP contribution >= 0.6 is 0 Å². The van der Waals surface area contributed by atoms with E-state index in [-0.39, 0.29) is 0 Å². The number of hydrogen-bond acceptors (Lipinski definition) is 1. The quantitative estimate of drug-likeness (QED) is 0.743. The first kappa shape index (κ1) is 14.8. The minimum absolute atomic E-state index is 0.485. The molecule has 1 saturated carbocycles. The van der Waals surface area contributed by atoms with E-state index in [0.29, 0.717) is 12.0 Å². The summed E-state index contributed by atoms with van der Waals surface area (Å²) in [6, 6.07) is 9.69. The smallest absolute Gasteiger partial charge is 0.0343 e. The highest BCUT2D eigenvalue weighted by atomic mass is 14.9. The molecular weight excluding hydrogens is 254 g/mol. The Bertz CT molecular complexity index is 485. The second-order valence-corrected chi connectivity index (χ2v) is 7.27. The molecule has 4 unspecified atom stereocenters. The van der Waals surface area contributed by atoms with Crippen molar-refractivity contribution in [3.63, 3.8) is 0 Å². The molecule has 2 aliphatic rings. The second kappa shape index (κ2) is 6.36.